The first-order valence-corrected chi connectivity index (χ1v) is 6.29. The van der Waals surface area contributed by atoms with Gasteiger partial charge in [-0.2, -0.15) is 0 Å². The van der Waals surface area contributed by atoms with E-state index in [-0.39, 0.29) is 12.5 Å². The highest BCUT2D eigenvalue weighted by atomic mass is 32.1. The van der Waals surface area contributed by atoms with Crippen LogP contribution in [-0.2, 0) is 0 Å². The number of hydrogen-bond acceptors (Lipinski definition) is 5. The molecule has 0 aliphatic heterocycles. The minimum atomic E-state index is 0.00755. The Bertz CT molecular complexity index is 338. The topological polar surface area (TPSA) is 66.3 Å². The van der Waals surface area contributed by atoms with Crippen LogP contribution < -0.4 is 0 Å². The van der Waals surface area contributed by atoms with Crippen LogP contribution in [0.5, 0.6) is 0 Å². The molecule has 88 valence electrons. The quantitative estimate of drug-likeness (QED) is 0.832. The summed E-state index contributed by atoms with van der Waals surface area (Å²) in [5.74, 6) is 0.00755. The second-order valence-electron chi connectivity index (χ2n) is 3.94. The maximum Gasteiger partial charge on any atom is 0.267 e. The molecule has 16 heavy (non-hydrogen) atoms. The molecule has 1 heterocycles. The lowest BCUT2D eigenvalue weighted by atomic mass is 9.91. The largest absolute Gasteiger partial charge is 0.396 e. The molecular formula is C10H15N3O2S. The van der Waals surface area contributed by atoms with Crippen molar-refractivity contribution in [3.8, 4) is 0 Å². The van der Waals surface area contributed by atoms with Gasteiger partial charge < -0.3 is 10.0 Å². The second-order valence-corrected chi connectivity index (χ2v) is 4.73. The third-order valence-corrected chi connectivity index (χ3v) is 3.56. The third-order valence-electron chi connectivity index (χ3n) is 2.91. The smallest absolute Gasteiger partial charge is 0.267 e. The lowest BCUT2D eigenvalue weighted by molar-refractivity contribution is 0.0567. The fourth-order valence-electron chi connectivity index (χ4n) is 1.79. The summed E-state index contributed by atoms with van der Waals surface area (Å²) in [4.78, 5) is 14.6. The first-order valence-electron chi connectivity index (χ1n) is 5.52. The van der Waals surface area contributed by atoms with Gasteiger partial charge >= 0.3 is 0 Å². The van der Waals surface area contributed by atoms with Gasteiger partial charge in [0, 0.05) is 19.2 Å². The van der Waals surface area contributed by atoms with Gasteiger partial charge in [-0.1, -0.05) is 4.49 Å². The van der Waals surface area contributed by atoms with E-state index < -0.39 is 0 Å². The Morgan fingerprint density at radius 1 is 1.62 bits per heavy atom. The Morgan fingerprint density at radius 3 is 2.94 bits per heavy atom. The molecule has 1 saturated carbocycles. The molecule has 1 aliphatic carbocycles. The molecule has 1 aromatic rings. The van der Waals surface area contributed by atoms with Crippen molar-refractivity contribution in [3.63, 3.8) is 0 Å². The summed E-state index contributed by atoms with van der Waals surface area (Å²) < 4.78 is 3.70. The predicted molar refractivity (Wildman–Crippen MR) is 60.3 cm³/mol. The Balaban J connectivity index is 2.02. The van der Waals surface area contributed by atoms with Crippen LogP contribution in [0.4, 0.5) is 0 Å². The summed E-state index contributed by atoms with van der Waals surface area (Å²) in [6, 6.07) is 0.348. The number of aliphatic hydroxyl groups is 1. The van der Waals surface area contributed by atoms with E-state index in [9.17, 15) is 4.79 Å². The van der Waals surface area contributed by atoms with Gasteiger partial charge in [0.25, 0.3) is 5.91 Å². The van der Waals surface area contributed by atoms with Crippen molar-refractivity contribution in [2.24, 2.45) is 0 Å². The number of nitrogens with zero attached hydrogens (tertiary/aromatic N) is 3. The van der Waals surface area contributed by atoms with Crippen LogP contribution in [0.15, 0.2) is 6.20 Å². The minimum Gasteiger partial charge on any atom is -0.396 e. The van der Waals surface area contributed by atoms with Gasteiger partial charge in [-0.25, -0.2) is 0 Å². The maximum absolute atomic E-state index is 12.1. The zero-order valence-electron chi connectivity index (χ0n) is 9.00. The summed E-state index contributed by atoms with van der Waals surface area (Å²) >= 11 is 1.13. The molecule has 1 amide bonds. The average Bonchev–Trinajstić information content (AvgIpc) is 2.73. The summed E-state index contributed by atoms with van der Waals surface area (Å²) in [6.07, 6.45) is 5.48. The monoisotopic (exact) mass is 241 g/mol. The van der Waals surface area contributed by atoms with Crippen LogP contribution in [0.1, 0.15) is 35.4 Å². The Kier molecular flexibility index (Phi) is 3.84. The van der Waals surface area contributed by atoms with Gasteiger partial charge in [-0.05, 0) is 37.2 Å². The number of hydrogen-bond donors (Lipinski definition) is 1. The molecule has 0 spiro atoms. The summed E-state index contributed by atoms with van der Waals surface area (Å²) in [5, 5.41) is 12.5. The van der Waals surface area contributed by atoms with Crippen molar-refractivity contribution in [3.05, 3.63) is 11.1 Å². The van der Waals surface area contributed by atoms with Gasteiger partial charge in [-0.3, -0.25) is 4.79 Å². The van der Waals surface area contributed by atoms with Gasteiger partial charge in [-0.15, -0.1) is 5.10 Å². The molecule has 0 atom stereocenters. The van der Waals surface area contributed by atoms with E-state index >= 15 is 0 Å². The first kappa shape index (κ1) is 11.5. The van der Waals surface area contributed by atoms with Crippen LogP contribution in [0.25, 0.3) is 0 Å². The normalized spacial score (nSPS) is 15.8. The number of aromatic nitrogens is 2. The molecule has 5 nitrogen and oxygen atoms in total. The van der Waals surface area contributed by atoms with Crippen molar-refractivity contribution >= 4 is 17.4 Å². The van der Waals surface area contributed by atoms with Crippen LogP contribution in [0.3, 0.4) is 0 Å². The van der Waals surface area contributed by atoms with E-state index in [2.05, 4.69) is 9.59 Å². The van der Waals surface area contributed by atoms with Crippen molar-refractivity contribution in [1.82, 2.24) is 14.5 Å². The number of aliphatic hydroxyl groups excluding tert-OH is 1. The molecular weight excluding hydrogens is 226 g/mol. The van der Waals surface area contributed by atoms with Crippen molar-refractivity contribution in [2.45, 2.75) is 31.7 Å². The SMILES string of the molecule is O=C(c1cnns1)N(CCCO)C1CCC1. The molecule has 0 unspecified atom stereocenters. The lowest BCUT2D eigenvalue weighted by Crippen LogP contribution is -2.44. The fourth-order valence-corrected chi connectivity index (χ4v) is 2.26. The molecule has 1 N–H and O–H groups in total. The standard InChI is InChI=1S/C10H15N3O2S/c14-6-2-5-13(8-3-1-4-8)10(15)9-7-11-12-16-9/h7-8,14H,1-6H2. The van der Waals surface area contributed by atoms with E-state index in [4.69, 9.17) is 5.11 Å². The molecule has 1 aliphatic rings. The highest BCUT2D eigenvalue weighted by molar-refractivity contribution is 7.07. The molecule has 2 rings (SSSR count). The van der Waals surface area contributed by atoms with E-state index in [0.717, 1.165) is 24.4 Å². The van der Waals surface area contributed by atoms with Crippen LogP contribution in [0.2, 0.25) is 0 Å². The number of carbonyl (C=O) groups excluding carboxylic acids is 1. The summed E-state index contributed by atoms with van der Waals surface area (Å²) in [6.45, 7) is 0.745. The first-order chi connectivity index (χ1) is 7.83. The van der Waals surface area contributed by atoms with Gasteiger partial charge in [0.1, 0.15) is 4.88 Å². The molecule has 0 radical (unpaired) electrons. The molecule has 0 saturated heterocycles. The van der Waals surface area contributed by atoms with Crippen molar-refractivity contribution < 1.29 is 9.90 Å². The van der Waals surface area contributed by atoms with Crippen molar-refractivity contribution in [2.75, 3.05) is 13.2 Å². The van der Waals surface area contributed by atoms with E-state index in [1.807, 2.05) is 4.90 Å². The number of amides is 1. The zero-order chi connectivity index (χ0) is 11.4. The van der Waals surface area contributed by atoms with E-state index in [1.165, 1.54) is 12.6 Å². The molecule has 1 fully saturated rings. The molecule has 1 aromatic heterocycles. The molecule has 0 bridgehead atoms. The minimum absolute atomic E-state index is 0.00755. The third kappa shape index (κ3) is 2.38. The number of rotatable bonds is 5. The molecule has 0 aromatic carbocycles. The number of carbonyl (C=O) groups is 1. The molecule has 6 heteroatoms. The van der Waals surface area contributed by atoms with E-state index in [1.54, 1.807) is 0 Å². The Morgan fingerprint density at radius 2 is 2.44 bits per heavy atom. The van der Waals surface area contributed by atoms with Crippen LogP contribution in [-0.4, -0.2) is 44.7 Å². The summed E-state index contributed by atoms with van der Waals surface area (Å²) in [5.41, 5.74) is 0. The van der Waals surface area contributed by atoms with E-state index in [0.29, 0.717) is 23.9 Å². The van der Waals surface area contributed by atoms with Gasteiger partial charge in [0.2, 0.25) is 0 Å². The zero-order valence-corrected chi connectivity index (χ0v) is 9.82. The van der Waals surface area contributed by atoms with Crippen LogP contribution >= 0.6 is 11.5 Å². The highest BCUT2D eigenvalue weighted by Gasteiger charge is 2.29. The lowest BCUT2D eigenvalue weighted by Gasteiger charge is -2.37. The summed E-state index contributed by atoms with van der Waals surface area (Å²) in [7, 11) is 0. The fraction of sp³-hybridized carbons (Fsp3) is 0.700. The average molecular weight is 241 g/mol. The van der Waals surface area contributed by atoms with Crippen molar-refractivity contribution in [1.29, 1.82) is 0 Å². The Labute approximate surface area is 98.2 Å². The highest BCUT2D eigenvalue weighted by Crippen LogP contribution is 2.26. The Hall–Kier alpha value is -1.01. The predicted octanol–water partition coefficient (Wildman–Crippen LogP) is 0.915. The maximum atomic E-state index is 12.1. The second kappa shape index (κ2) is 5.36. The van der Waals surface area contributed by atoms with Crippen LogP contribution in [0, 0.1) is 0 Å². The van der Waals surface area contributed by atoms with Gasteiger partial charge in [0.15, 0.2) is 0 Å². The van der Waals surface area contributed by atoms with Gasteiger partial charge in [0.05, 0.1) is 6.20 Å².